The third-order valence-electron chi connectivity index (χ3n) is 4.27. The summed E-state index contributed by atoms with van der Waals surface area (Å²) in [5.74, 6) is 1.73. The summed E-state index contributed by atoms with van der Waals surface area (Å²) in [7, 11) is 0. The molecule has 3 rings (SSSR count). The molecular formula is C14H18N4. The molecule has 2 fully saturated rings. The average molecular weight is 242 g/mol. The summed E-state index contributed by atoms with van der Waals surface area (Å²) in [6, 6.07) is 2.70. The SMILES string of the molecule is N#Cc1cncc(N2CCCCC2C2CCC2)n1. The Balaban J connectivity index is 1.84. The maximum atomic E-state index is 8.92. The van der Waals surface area contributed by atoms with Gasteiger partial charge in [-0.3, -0.25) is 4.98 Å². The summed E-state index contributed by atoms with van der Waals surface area (Å²) in [5, 5.41) is 8.92. The first-order valence-electron chi connectivity index (χ1n) is 6.87. The lowest BCUT2D eigenvalue weighted by Gasteiger charge is -2.44. The van der Waals surface area contributed by atoms with E-state index in [0.29, 0.717) is 11.7 Å². The Labute approximate surface area is 108 Å². The molecule has 4 nitrogen and oxygen atoms in total. The lowest BCUT2D eigenvalue weighted by atomic mass is 9.76. The molecule has 0 N–H and O–H groups in total. The Morgan fingerprint density at radius 3 is 2.78 bits per heavy atom. The average Bonchev–Trinajstić information content (AvgIpc) is 2.37. The number of anilines is 1. The molecule has 1 aliphatic heterocycles. The first-order chi connectivity index (χ1) is 8.88. The van der Waals surface area contributed by atoms with Crippen molar-refractivity contribution in [3.8, 4) is 6.07 Å². The van der Waals surface area contributed by atoms with Gasteiger partial charge in [-0.15, -0.1) is 0 Å². The molecule has 1 saturated carbocycles. The molecule has 0 spiro atoms. The van der Waals surface area contributed by atoms with Gasteiger partial charge in [0.05, 0.1) is 12.4 Å². The number of rotatable bonds is 2. The van der Waals surface area contributed by atoms with Gasteiger partial charge in [0, 0.05) is 12.6 Å². The van der Waals surface area contributed by atoms with E-state index >= 15 is 0 Å². The van der Waals surface area contributed by atoms with E-state index in [1.54, 1.807) is 6.20 Å². The van der Waals surface area contributed by atoms with Crippen LogP contribution in [-0.2, 0) is 0 Å². The smallest absolute Gasteiger partial charge is 0.161 e. The molecule has 94 valence electrons. The lowest BCUT2D eigenvalue weighted by Crippen LogP contribution is -2.46. The van der Waals surface area contributed by atoms with E-state index < -0.39 is 0 Å². The largest absolute Gasteiger partial charge is 0.352 e. The highest BCUT2D eigenvalue weighted by molar-refractivity contribution is 5.40. The van der Waals surface area contributed by atoms with Gasteiger partial charge in [0.1, 0.15) is 11.9 Å². The van der Waals surface area contributed by atoms with Crippen LogP contribution in [0.2, 0.25) is 0 Å². The van der Waals surface area contributed by atoms with Gasteiger partial charge in [-0.1, -0.05) is 6.42 Å². The zero-order chi connectivity index (χ0) is 12.4. The standard InChI is InChI=1S/C14H18N4/c15-8-12-9-16-10-14(17-12)18-7-2-1-6-13(18)11-4-3-5-11/h9-11,13H,1-7H2. The molecule has 1 atom stereocenters. The van der Waals surface area contributed by atoms with E-state index in [4.69, 9.17) is 5.26 Å². The van der Waals surface area contributed by atoms with E-state index in [2.05, 4.69) is 20.9 Å². The number of piperidine rings is 1. The van der Waals surface area contributed by atoms with Gasteiger partial charge < -0.3 is 4.90 Å². The first kappa shape index (κ1) is 11.5. The van der Waals surface area contributed by atoms with Gasteiger partial charge in [0.25, 0.3) is 0 Å². The maximum Gasteiger partial charge on any atom is 0.161 e. The number of aromatic nitrogens is 2. The van der Waals surface area contributed by atoms with Crippen molar-refractivity contribution < 1.29 is 0 Å². The molecule has 0 aromatic carbocycles. The van der Waals surface area contributed by atoms with Crippen molar-refractivity contribution in [2.45, 2.75) is 44.6 Å². The second-order valence-corrected chi connectivity index (χ2v) is 5.32. The van der Waals surface area contributed by atoms with E-state index in [1.807, 2.05) is 0 Å². The van der Waals surface area contributed by atoms with E-state index in [0.717, 1.165) is 18.3 Å². The lowest BCUT2D eigenvalue weighted by molar-refractivity contribution is 0.225. The zero-order valence-corrected chi connectivity index (χ0v) is 10.5. The summed E-state index contributed by atoms with van der Waals surface area (Å²) in [4.78, 5) is 10.9. The molecule has 0 radical (unpaired) electrons. The summed E-state index contributed by atoms with van der Waals surface area (Å²) in [6.07, 6.45) is 11.2. The minimum absolute atomic E-state index is 0.422. The fourth-order valence-electron chi connectivity index (χ4n) is 3.10. The van der Waals surface area contributed by atoms with Crippen LogP contribution >= 0.6 is 0 Å². The normalized spacial score (nSPS) is 24.4. The molecule has 18 heavy (non-hydrogen) atoms. The van der Waals surface area contributed by atoms with Crippen LogP contribution in [0.5, 0.6) is 0 Å². The van der Waals surface area contributed by atoms with Crippen LogP contribution in [0.15, 0.2) is 12.4 Å². The van der Waals surface area contributed by atoms with Gasteiger partial charge >= 0.3 is 0 Å². The van der Waals surface area contributed by atoms with Gasteiger partial charge in [-0.05, 0) is 38.0 Å². The third kappa shape index (κ3) is 2.05. The molecule has 4 heteroatoms. The van der Waals surface area contributed by atoms with Crippen LogP contribution < -0.4 is 4.90 Å². The second kappa shape index (κ2) is 4.93. The highest BCUT2D eigenvalue weighted by atomic mass is 15.2. The van der Waals surface area contributed by atoms with Crippen molar-refractivity contribution in [1.29, 1.82) is 5.26 Å². The molecule has 1 aliphatic carbocycles. The molecule has 2 aliphatic rings. The highest BCUT2D eigenvalue weighted by Gasteiger charge is 2.34. The number of nitriles is 1. The van der Waals surface area contributed by atoms with E-state index in [9.17, 15) is 0 Å². The number of hydrogen-bond acceptors (Lipinski definition) is 4. The van der Waals surface area contributed by atoms with Crippen molar-refractivity contribution in [2.24, 2.45) is 5.92 Å². The van der Waals surface area contributed by atoms with Crippen molar-refractivity contribution in [2.75, 3.05) is 11.4 Å². The maximum absolute atomic E-state index is 8.92. The summed E-state index contributed by atoms with van der Waals surface area (Å²) in [6.45, 7) is 1.06. The van der Waals surface area contributed by atoms with Crippen LogP contribution in [0.25, 0.3) is 0 Å². The summed E-state index contributed by atoms with van der Waals surface area (Å²) in [5.41, 5.74) is 0.422. The molecule has 1 unspecified atom stereocenters. The predicted octanol–water partition coefficient (Wildman–Crippen LogP) is 2.51. The Morgan fingerprint density at radius 2 is 2.06 bits per heavy atom. The molecule has 0 amide bonds. The molecule has 1 saturated heterocycles. The molecular weight excluding hydrogens is 224 g/mol. The van der Waals surface area contributed by atoms with Crippen molar-refractivity contribution in [1.82, 2.24) is 9.97 Å². The minimum atomic E-state index is 0.422. The first-order valence-corrected chi connectivity index (χ1v) is 6.87. The van der Waals surface area contributed by atoms with Gasteiger partial charge in [-0.25, -0.2) is 4.98 Å². The van der Waals surface area contributed by atoms with Crippen LogP contribution in [0.3, 0.4) is 0 Å². The summed E-state index contributed by atoms with van der Waals surface area (Å²) >= 11 is 0. The zero-order valence-electron chi connectivity index (χ0n) is 10.5. The van der Waals surface area contributed by atoms with E-state index in [1.165, 1.54) is 44.7 Å². The topological polar surface area (TPSA) is 52.8 Å². The van der Waals surface area contributed by atoms with Crippen LogP contribution in [-0.4, -0.2) is 22.6 Å². The highest BCUT2D eigenvalue weighted by Crippen LogP contribution is 2.37. The fourth-order valence-corrected chi connectivity index (χ4v) is 3.10. The quantitative estimate of drug-likeness (QED) is 0.799. The van der Waals surface area contributed by atoms with Gasteiger partial charge in [0.15, 0.2) is 5.69 Å². The summed E-state index contributed by atoms with van der Waals surface area (Å²) < 4.78 is 0. The Bertz CT molecular complexity index is 461. The second-order valence-electron chi connectivity index (χ2n) is 5.32. The Hall–Kier alpha value is -1.63. The predicted molar refractivity (Wildman–Crippen MR) is 69.1 cm³/mol. The Kier molecular flexibility index (Phi) is 3.14. The number of hydrogen-bond donors (Lipinski definition) is 0. The van der Waals surface area contributed by atoms with Crippen molar-refractivity contribution in [3.63, 3.8) is 0 Å². The molecule has 2 heterocycles. The van der Waals surface area contributed by atoms with Gasteiger partial charge in [0.2, 0.25) is 0 Å². The van der Waals surface area contributed by atoms with Crippen molar-refractivity contribution >= 4 is 5.82 Å². The van der Waals surface area contributed by atoms with Crippen LogP contribution in [0, 0.1) is 17.2 Å². The van der Waals surface area contributed by atoms with Crippen molar-refractivity contribution in [3.05, 3.63) is 18.1 Å². The van der Waals surface area contributed by atoms with Crippen LogP contribution in [0.4, 0.5) is 5.82 Å². The fraction of sp³-hybridized carbons (Fsp3) is 0.643. The van der Waals surface area contributed by atoms with Gasteiger partial charge in [-0.2, -0.15) is 5.26 Å². The molecule has 0 bridgehead atoms. The minimum Gasteiger partial charge on any atom is -0.352 e. The Morgan fingerprint density at radius 1 is 1.17 bits per heavy atom. The molecule has 1 aromatic rings. The molecule has 1 aromatic heterocycles. The number of nitrogens with zero attached hydrogens (tertiary/aromatic N) is 4. The monoisotopic (exact) mass is 242 g/mol. The van der Waals surface area contributed by atoms with Crippen LogP contribution in [0.1, 0.15) is 44.2 Å². The third-order valence-corrected chi connectivity index (χ3v) is 4.27. The van der Waals surface area contributed by atoms with E-state index in [-0.39, 0.29) is 0 Å².